The largest absolute Gasteiger partial charge is 0.370 e. The molecule has 0 unspecified atom stereocenters. The molecule has 2 heterocycles. The summed E-state index contributed by atoms with van der Waals surface area (Å²) >= 11 is 0. The number of piperidine rings is 1. The van der Waals surface area contributed by atoms with Gasteiger partial charge in [0, 0.05) is 38.5 Å². The molecule has 26 heavy (non-hydrogen) atoms. The number of amides is 3. The highest BCUT2D eigenvalue weighted by molar-refractivity contribution is 5.87. The highest BCUT2D eigenvalue weighted by Crippen LogP contribution is 2.44. The summed E-state index contributed by atoms with van der Waals surface area (Å²) in [6.45, 7) is 1.32. The summed E-state index contributed by atoms with van der Waals surface area (Å²) in [7, 11) is 1.90. The molecular weight excluding hydrogens is 330 g/mol. The van der Waals surface area contributed by atoms with E-state index in [9.17, 15) is 14.4 Å². The number of nitrogens with zero attached hydrogens (tertiary/aromatic N) is 2. The Morgan fingerprint density at radius 3 is 2.42 bits per heavy atom. The molecule has 6 heteroatoms. The molecule has 6 nitrogen and oxygen atoms in total. The molecule has 0 saturated carbocycles. The Hall–Kier alpha value is -2.37. The van der Waals surface area contributed by atoms with Crippen molar-refractivity contribution < 1.29 is 14.4 Å². The van der Waals surface area contributed by atoms with Crippen LogP contribution in [0.4, 0.5) is 0 Å². The minimum atomic E-state index is -0.367. The lowest BCUT2D eigenvalue weighted by atomic mass is 9.81. The molecule has 0 aromatic heterocycles. The van der Waals surface area contributed by atoms with Crippen LogP contribution in [0.25, 0.3) is 0 Å². The zero-order valence-electron chi connectivity index (χ0n) is 15.3. The van der Waals surface area contributed by atoms with E-state index in [1.807, 2.05) is 47.2 Å². The predicted molar refractivity (Wildman–Crippen MR) is 98.2 cm³/mol. The van der Waals surface area contributed by atoms with Crippen molar-refractivity contribution in [2.75, 3.05) is 20.1 Å². The van der Waals surface area contributed by atoms with Gasteiger partial charge in [0.2, 0.25) is 17.7 Å². The normalized spacial score (nSPS) is 22.0. The lowest BCUT2D eigenvalue weighted by Gasteiger charge is -2.43. The van der Waals surface area contributed by atoms with Crippen molar-refractivity contribution in [3.8, 4) is 0 Å². The number of rotatable bonds is 5. The Morgan fingerprint density at radius 1 is 1.15 bits per heavy atom. The van der Waals surface area contributed by atoms with Crippen molar-refractivity contribution in [2.45, 2.75) is 50.0 Å². The smallest absolute Gasteiger partial charge is 0.230 e. The Balaban J connectivity index is 1.60. The van der Waals surface area contributed by atoms with Gasteiger partial charge in [-0.15, -0.1) is 0 Å². The summed E-state index contributed by atoms with van der Waals surface area (Å²) in [5.74, 6) is -0.197. The van der Waals surface area contributed by atoms with Crippen LogP contribution in [0.1, 0.15) is 50.0 Å². The molecule has 2 saturated heterocycles. The SMILES string of the molecule is CN1C(=O)[C@H](c2ccccc2)CC12CCN(C(=O)CCCC(N)=O)CC2. The summed E-state index contributed by atoms with van der Waals surface area (Å²) in [4.78, 5) is 39.7. The first-order valence-corrected chi connectivity index (χ1v) is 9.32. The molecule has 1 atom stereocenters. The van der Waals surface area contributed by atoms with Gasteiger partial charge < -0.3 is 15.5 Å². The van der Waals surface area contributed by atoms with E-state index < -0.39 is 0 Å². The average Bonchev–Trinajstić information content (AvgIpc) is 2.88. The summed E-state index contributed by atoms with van der Waals surface area (Å²) in [5.41, 5.74) is 6.05. The molecule has 0 aliphatic carbocycles. The molecule has 2 N–H and O–H groups in total. The minimum absolute atomic E-state index is 0.0766. The number of likely N-dealkylation sites (N-methyl/N-ethyl adjacent to an activating group) is 1. The number of likely N-dealkylation sites (tertiary alicyclic amines) is 2. The quantitative estimate of drug-likeness (QED) is 0.870. The van der Waals surface area contributed by atoms with Gasteiger partial charge in [-0.1, -0.05) is 30.3 Å². The molecule has 0 bridgehead atoms. The van der Waals surface area contributed by atoms with E-state index >= 15 is 0 Å². The van der Waals surface area contributed by atoms with Crippen LogP contribution >= 0.6 is 0 Å². The molecule has 1 aromatic rings. The Morgan fingerprint density at radius 2 is 1.81 bits per heavy atom. The summed E-state index contributed by atoms with van der Waals surface area (Å²) in [6.07, 6.45) is 3.54. The third-order valence-corrected chi connectivity index (χ3v) is 5.99. The summed E-state index contributed by atoms with van der Waals surface area (Å²) < 4.78 is 0. The Labute approximate surface area is 154 Å². The number of carbonyl (C=O) groups excluding carboxylic acids is 3. The van der Waals surface area contributed by atoms with Gasteiger partial charge in [-0.25, -0.2) is 0 Å². The molecule has 3 rings (SSSR count). The lowest BCUT2D eigenvalue weighted by Crippen LogP contribution is -2.52. The fraction of sp³-hybridized carbons (Fsp3) is 0.550. The molecule has 2 aliphatic rings. The van der Waals surface area contributed by atoms with E-state index in [0.717, 1.165) is 24.8 Å². The molecule has 1 spiro atoms. The van der Waals surface area contributed by atoms with Crippen molar-refractivity contribution in [3.05, 3.63) is 35.9 Å². The molecular formula is C20H27N3O3. The van der Waals surface area contributed by atoms with Gasteiger partial charge in [-0.3, -0.25) is 14.4 Å². The maximum atomic E-state index is 12.8. The third kappa shape index (κ3) is 3.59. The van der Waals surface area contributed by atoms with Gasteiger partial charge in [0.1, 0.15) is 0 Å². The van der Waals surface area contributed by atoms with Crippen LogP contribution in [0.5, 0.6) is 0 Å². The number of hydrogen-bond donors (Lipinski definition) is 1. The van der Waals surface area contributed by atoms with Crippen LogP contribution in [0.3, 0.4) is 0 Å². The van der Waals surface area contributed by atoms with Crippen molar-refractivity contribution in [3.63, 3.8) is 0 Å². The highest BCUT2D eigenvalue weighted by Gasteiger charge is 2.50. The molecule has 140 valence electrons. The van der Waals surface area contributed by atoms with Gasteiger partial charge in [0.25, 0.3) is 0 Å². The number of carbonyl (C=O) groups is 3. The number of nitrogens with two attached hydrogens (primary N) is 1. The van der Waals surface area contributed by atoms with Gasteiger partial charge in [-0.2, -0.15) is 0 Å². The second-order valence-electron chi connectivity index (χ2n) is 7.49. The predicted octanol–water partition coefficient (Wildman–Crippen LogP) is 1.65. The first kappa shape index (κ1) is 18.4. The topological polar surface area (TPSA) is 83.7 Å². The third-order valence-electron chi connectivity index (χ3n) is 5.99. The van der Waals surface area contributed by atoms with Crippen molar-refractivity contribution in [1.82, 2.24) is 9.80 Å². The number of hydrogen-bond acceptors (Lipinski definition) is 3. The van der Waals surface area contributed by atoms with Crippen LogP contribution in [-0.4, -0.2) is 53.2 Å². The fourth-order valence-corrected chi connectivity index (χ4v) is 4.30. The highest BCUT2D eigenvalue weighted by atomic mass is 16.2. The van der Waals surface area contributed by atoms with Gasteiger partial charge in [0.05, 0.1) is 5.92 Å². The second kappa shape index (κ2) is 7.48. The zero-order valence-corrected chi connectivity index (χ0v) is 15.3. The van der Waals surface area contributed by atoms with Gasteiger partial charge >= 0.3 is 0 Å². The van der Waals surface area contributed by atoms with E-state index in [0.29, 0.717) is 25.9 Å². The fourth-order valence-electron chi connectivity index (χ4n) is 4.30. The molecule has 3 amide bonds. The molecule has 2 fully saturated rings. The monoisotopic (exact) mass is 357 g/mol. The van der Waals surface area contributed by atoms with E-state index in [1.165, 1.54) is 0 Å². The maximum absolute atomic E-state index is 12.8. The summed E-state index contributed by atoms with van der Waals surface area (Å²) in [6, 6.07) is 9.95. The lowest BCUT2D eigenvalue weighted by molar-refractivity contribution is -0.135. The van der Waals surface area contributed by atoms with Crippen molar-refractivity contribution in [2.24, 2.45) is 5.73 Å². The number of benzene rings is 1. The average molecular weight is 357 g/mol. The second-order valence-corrected chi connectivity index (χ2v) is 7.49. The van der Waals surface area contributed by atoms with E-state index in [1.54, 1.807) is 0 Å². The van der Waals surface area contributed by atoms with E-state index in [4.69, 9.17) is 5.73 Å². The van der Waals surface area contributed by atoms with Gasteiger partial charge in [0.15, 0.2) is 0 Å². The van der Waals surface area contributed by atoms with Crippen molar-refractivity contribution in [1.29, 1.82) is 0 Å². The van der Waals surface area contributed by atoms with Crippen LogP contribution < -0.4 is 5.73 Å². The van der Waals surface area contributed by atoms with Crippen molar-refractivity contribution >= 4 is 17.7 Å². The zero-order chi connectivity index (χ0) is 18.7. The van der Waals surface area contributed by atoms with Gasteiger partial charge in [-0.05, 0) is 31.2 Å². The Kier molecular flexibility index (Phi) is 5.30. The number of primary amides is 1. The van der Waals surface area contributed by atoms with Crippen LogP contribution in [0.15, 0.2) is 30.3 Å². The molecule has 0 radical (unpaired) electrons. The first-order chi connectivity index (χ1) is 12.4. The molecule has 2 aliphatic heterocycles. The standard InChI is InChI=1S/C20H27N3O3/c1-22-19(26)16(15-6-3-2-4-7-15)14-20(22)10-12-23(13-11-20)18(25)9-5-8-17(21)24/h2-4,6-7,16H,5,8-14H2,1H3,(H2,21,24)/t16-/m0/s1. The molecule has 1 aromatic carbocycles. The maximum Gasteiger partial charge on any atom is 0.230 e. The summed E-state index contributed by atoms with van der Waals surface area (Å²) in [5, 5.41) is 0. The van der Waals surface area contributed by atoms with Crippen LogP contribution in [0, 0.1) is 0 Å². The minimum Gasteiger partial charge on any atom is -0.370 e. The first-order valence-electron chi connectivity index (χ1n) is 9.32. The van der Waals surface area contributed by atoms with Crippen LogP contribution in [0.2, 0.25) is 0 Å². The van der Waals surface area contributed by atoms with E-state index in [-0.39, 0.29) is 35.6 Å². The van der Waals surface area contributed by atoms with Crippen LogP contribution in [-0.2, 0) is 14.4 Å². The Bertz CT molecular complexity index is 681. The van der Waals surface area contributed by atoms with E-state index in [2.05, 4.69) is 0 Å².